The van der Waals surface area contributed by atoms with E-state index >= 15 is 0 Å². The Kier molecular flexibility index (Phi) is 4.57. The van der Waals surface area contributed by atoms with Crippen molar-refractivity contribution in [1.29, 1.82) is 0 Å². The van der Waals surface area contributed by atoms with Crippen molar-refractivity contribution in [2.75, 3.05) is 7.05 Å². The molecule has 17 heavy (non-hydrogen) atoms. The van der Waals surface area contributed by atoms with Crippen LogP contribution in [0, 0.1) is 0 Å². The number of hydrogen-bond donors (Lipinski definition) is 1. The van der Waals surface area contributed by atoms with Crippen LogP contribution in [0.1, 0.15) is 37.3 Å². The molecule has 2 atom stereocenters. The first-order valence-electron chi connectivity index (χ1n) is 5.74. The standard InChI is InChI=1S/C13H18F3N/c1-4-12(17-3)9(2)10-6-5-7-11(8-10)13(14,15)16/h5-9,12,17H,4H2,1-3H3. The van der Waals surface area contributed by atoms with Gasteiger partial charge in [0.25, 0.3) is 0 Å². The number of likely N-dealkylation sites (N-methyl/N-ethyl adjacent to an activating group) is 1. The van der Waals surface area contributed by atoms with Gasteiger partial charge in [0.15, 0.2) is 0 Å². The smallest absolute Gasteiger partial charge is 0.316 e. The van der Waals surface area contributed by atoms with Crippen LogP contribution in [-0.2, 0) is 6.18 Å². The van der Waals surface area contributed by atoms with E-state index in [1.807, 2.05) is 20.9 Å². The lowest BCUT2D eigenvalue weighted by Crippen LogP contribution is -2.30. The number of halogens is 3. The Hall–Kier alpha value is -1.03. The van der Waals surface area contributed by atoms with Gasteiger partial charge < -0.3 is 5.32 Å². The van der Waals surface area contributed by atoms with Gasteiger partial charge in [0, 0.05) is 6.04 Å². The van der Waals surface area contributed by atoms with E-state index < -0.39 is 11.7 Å². The van der Waals surface area contributed by atoms with E-state index in [0.717, 1.165) is 18.1 Å². The fourth-order valence-corrected chi connectivity index (χ4v) is 2.04. The number of nitrogens with one attached hydrogen (secondary N) is 1. The van der Waals surface area contributed by atoms with Crippen molar-refractivity contribution in [2.24, 2.45) is 0 Å². The SMILES string of the molecule is CCC(NC)C(C)c1cccc(C(F)(F)F)c1. The minimum Gasteiger partial charge on any atom is -0.316 e. The fourth-order valence-electron chi connectivity index (χ4n) is 2.04. The largest absolute Gasteiger partial charge is 0.416 e. The highest BCUT2D eigenvalue weighted by atomic mass is 19.4. The van der Waals surface area contributed by atoms with Crippen molar-refractivity contribution in [1.82, 2.24) is 5.32 Å². The molecule has 1 rings (SSSR count). The molecule has 4 heteroatoms. The number of hydrogen-bond acceptors (Lipinski definition) is 1. The van der Waals surface area contributed by atoms with E-state index in [2.05, 4.69) is 5.32 Å². The molecular formula is C13H18F3N. The van der Waals surface area contributed by atoms with Gasteiger partial charge >= 0.3 is 6.18 Å². The monoisotopic (exact) mass is 245 g/mol. The fraction of sp³-hybridized carbons (Fsp3) is 0.538. The topological polar surface area (TPSA) is 12.0 Å². The third kappa shape index (κ3) is 3.46. The Balaban J connectivity index is 2.99. The Bertz CT molecular complexity index is 356. The van der Waals surface area contributed by atoms with Gasteiger partial charge in [-0.15, -0.1) is 0 Å². The predicted octanol–water partition coefficient (Wildman–Crippen LogP) is 3.81. The lowest BCUT2D eigenvalue weighted by molar-refractivity contribution is -0.137. The molecule has 0 bridgehead atoms. The first-order valence-corrected chi connectivity index (χ1v) is 5.74. The van der Waals surface area contributed by atoms with Gasteiger partial charge in [-0.3, -0.25) is 0 Å². The average Bonchev–Trinajstić information content (AvgIpc) is 2.29. The molecule has 2 unspecified atom stereocenters. The van der Waals surface area contributed by atoms with Crippen molar-refractivity contribution >= 4 is 0 Å². The second kappa shape index (κ2) is 5.54. The molecule has 1 N–H and O–H groups in total. The maximum atomic E-state index is 12.6. The van der Waals surface area contributed by atoms with E-state index in [0.29, 0.717) is 0 Å². The molecule has 0 aromatic heterocycles. The predicted molar refractivity (Wildman–Crippen MR) is 63.0 cm³/mol. The summed E-state index contributed by atoms with van der Waals surface area (Å²) in [6.45, 7) is 3.96. The second-order valence-corrected chi connectivity index (χ2v) is 4.22. The van der Waals surface area contributed by atoms with Crippen LogP contribution >= 0.6 is 0 Å². The van der Waals surface area contributed by atoms with Gasteiger partial charge in [-0.1, -0.05) is 32.0 Å². The van der Waals surface area contributed by atoms with E-state index in [1.165, 1.54) is 12.1 Å². The van der Waals surface area contributed by atoms with Gasteiger partial charge in [-0.25, -0.2) is 0 Å². The Morgan fingerprint density at radius 1 is 1.29 bits per heavy atom. The lowest BCUT2D eigenvalue weighted by atomic mass is 9.91. The average molecular weight is 245 g/mol. The summed E-state index contributed by atoms with van der Waals surface area (Å²) in [5.41, 5.74) is 0.147. The molecule has 0 radical (unpaired) electrons. The van der Waals surface area contributed by atoms with Gasteiger partial charge in [-0.05, 0) is 31.0 Å². The van der Waals surface area contributed by atoms with E-state index in [4.69, 9.17) is 0 Å². The molecule has 1 nitrogen and oxygen atoms in total. The Morgan fingerprint density at radius 2 is 1.94 bits per heavy atom. The summed E-state index contributed by atoms with van der Waals surface area (Å²) in [7, 11) is 1.83. The molecule has 0 fully saturated rings. The normalized spacial score (nSPS) is 15.6. The summed E-state index contributed by atoms with van der Waals surface area (Å²) < 4.78 is 37.7. The lowest BCUT2D eigenvalue weighted by Gasteiger charge is -2.23. The van der Waals surface area contributed by atoms with Crippen molar-refractivity contribution < 1.29 is 13.2 Å². The molecule has 0 amide bonds. The van der Waals surface area contributed by atoms with E-state index in [1.54, 1.807) is 6.07 Å². The molecule has 0 heterocycles. The van der Waals surface area contributed by atoms with Crippen LogP contribution in [0.3, 0.4) is 0 Å². The zero-order valence-electron chi connectivity index (χ0n) is 10.3. The van der Waals surface area contributed by atoms with Crippen LogP contribution in [0.4, 0.5) is 13.2 Å². The Morgan fingerprint density at radius 3 is 2.41 bits per heavy atom. The van der Waals surface area contributed by atoms with Gasteiger partial charge in [-0.2, -0.15) is 13.2 Å². The minimum atomic E-state index is -4.27. The van der Waals surface area contributed by atoms with Crippen LogP contribution in [0.2, 0.25) is 0 Å². The van der Waals surface area contributed by atoms with Gasteiger partial charge in [0.1, 0.15) is 0 Å². The molecule has 1 aromatic carbocycles. The highest BCUT2D eigenvalue weighted by Crippen LogP contribution is 2.31. The molecular weight excluding hydrogens is 227 g/mol. The molecule has 0 aliphatic rings. The summed E-state index contributed by atoms with van der Waals surface area (Å²) in [6, 6.07) is 5.76. The molecule has 0 spiro atoms. The zero-order valence-corrected chi connectivity index (χ0v) is 10.3. The number of rotatable bonds is 4. The number of alkyl halides is 3. The third-order valence-corrected chi connectivity index (χ3v) is 3.15. The van der Waals surface area contributed by atoms with Crippen molar-refractivity contribution in [3.05, 3.63) is 35.4 Å². The molecule has 1 aromatic rings. The van der Waals surface area contributed by atoms with Crippen LogP contribution < -0.4 is 5.32 Å². The molecule has 0 saturated heterocycles. The van der Waals surface area contributed by atoms with Crippen LogP contribution in [-0.4, -0.2) is 13.1 Å². The van der Waals surface area contributed by atoms with Crippen molar-refractivity contribution in [3.8, 4) is 0 Å². The summed E-state index contributed by atoms with van der Waals surface area (Å²) in [4.78, 5) is 0. The summed E-state index contributed by atoms with van der Waals surface area (Å²) in [6.07, 6.45) is -3.38. The second-order valence-electron chi connectivity index (χ2n) is 4.22. The summed E-state index contributed by atoms with van der Waals surface area (Å²) in [5, 5.41) is 3.13. The van der Waals surface area contributed by atoms with Gasteiger partial charge in [0.2, 0.25) is 0 Å². The molecule has 0 aliphatic carbocycles. The third-order valence-electron chi connectivity index (χ3n) is 3.15. The number of benzene rings is 1. The first kappa shape index (κ1) is 14.0. The van der Waals surface area contributed by atoms with Crippen molar-refractivity contribution in [3.63, 3.8) is 0 Å². The maximum absolute atomic E-state index is 12.6. The van der Waals surface area contributed by atoms with Crippen molar-refractivity contribution in [2.45, 2.75) is 38.4 Å². The molecule has 0 saturated carbocycles. The highest BCUT2D eigenvalue weighted by Gasteiger charge is 2.31. The maximum Gasteiger partial charge on any atom is 0.416 e. The quantitative estimate of drug-likeness (QED) is 0.850. The first-order chi connectivity index (χ1) is 7.90. The highest BCUT2D eigenvalue weighted by molar-refractivity contribution is 5.28. The zero-order chi connectivity index (χ0) is 13.1. The summed E-state index contributed by atoms with van der Waals surface area (Å²) >= 11 is 0. The van der Waals surface area contributed by atoms with E-state index in [9.17, 15) is 13.2 Å². The van der Waals surface area contributed by atoms with Crippen LogP contribution in [0.25, 0.3) is 0 Å². The molecule has 0 aliphatic heterocycles. The van der Waals surface area contributed by atoms with Crippen LogP contribution in [0.5, 0.6) is 0 Å². The summed E-state index contributed by atoms with van der Waals surface area (Å²) in [5.74, 6) is 0.0623. The minimum absolute atomic E-state index is 0.0623. The Labute approximate surface area is 100 Å². The van der Waals surface area contributed by atoms with Crippen LogP contribution in [0.15, 0.2) is 24.3 Å². The van der Waals surface area contributed by atoms with Gasteiger partial charge in [0.05, 0.1) is 5.56 Å². The van der Waals surface area contributed by atoms with E-state index in [-0.39, 0.29) is 12.0 Å². The molecule has 96 valence electrons.